The minimum Gasteiger partial charge on any atom is -0.355 e. The van der Waals surface area contributed by atoms with Gasteiger partial charge in [-0.25, -0.2) is 0 Å². The van der Waals surface area contributed by atoms with E-state index in [4.69, 9.17) is 0 Å². The van der Waals surface area contributed by atoms with Crippen LogP contribution < -0.4 is 10.6 Å². The van der Waals surface area contributed by atoms with Crippen molar-refractivity contribution in [3.63, 3.8) is 0 Å². The molecular weight excluding hydrogens is 276 g/mol. The summed E-state index contributed by atoms with van der Waals surface area (Å²) in [6.45, 7) is 3.13. The fourth-order valence-electron chi connectivity index (χ4n) is 2.11. The van der Waals surface area contributed by atoms with Crippen LogP contribution in [0.15, 0.2) is 0 Å². The van der Waals surface area contributed by atoms with Gasteiger partial charge in [0.15, 0.2) is 0 Å². The summed E-state index contributed by atoms with van der Waals surface area (Å²) in [6.07, 6.45) is 2.40. The SMILES string of the molecule is Cl.O=C(NCCC1CCNC1)C1CSCCS1. The second-order valence-corrected chi connectivity index (χ2v) is 6.83. The number of hydrogen-bond donors (Lipinski definition) is 2. The van der Waals surface area contributed by atoms with Crippen molar-refractivity contribution in [2.75, 3.05) is 36.9 Å². The molecule has 2 atom stereocenters. The van der Waals surface area contributed by atoms with Crippen LogP contribution in [-0.2, 0) is 4.79 Å². The van der Waals surface area contributed by atoms with Gasteiger partial charge in [-0.1, -0.05) is 0 Å². The summed E-state index contributed by atoms with van der Waals surface area (Å²) in [5.41, 5.74) is 0. The molecule has 2 aliphatic rings. The predicted molar refractivity (Wildman–Crippen MR) is 79.4 cm³/mol. The first-order valence-corrected chi connectivity index (χ1v) is 8.24. The highest BCUT2D eigenvalue weighted by Gasteiger charge is 2.22. The van der Waals surface area contributed by atoms with Gasteiger partial charge >= 0.3 is 0 Å². The monoisotopic (exact) mass is 296 g/mol. The van der Waals surface area contributed by atoms with Crippen LogP contribution in [0.4, 0.5) is 0 Å². The summed E-state index contributed by atoms with van der Waals surface area (Å²) < 4.78 is 0. The Balaban J connectivity index is 0.00000144. The first-order valence-electron chi connectivity index (χ1n) is 6.04. The smallest absolute Gasteiger partial charge is 0.233 e. The Labute approximate surface area is 118 Å². The van der Waals surface area contributed by atoms with Gasteiger partial charge in [0.05, 0.1) is 5.25 Å². The number of amides is 1. The van der Waals surface area contributed by atoms with Crippen molar-refractivity contribution in [2.24, 2.45) is 5.92 Å². The maximum atomic E-state index is 11.8. The molecule has 17 heavy (non-hydrogen) atoms. The standard InChI is InChI=1S/C11H20N2OS2.ClH/c14-11(10-8-15-5-6-16-10)13-4-2-9-1-3-12-7-9;/h9-10,12H,1-8H2,(H,13,14);1H. The summed E-state index contributed by atoms with van der Waals surface area (Å²) >= 11 is 3.71. The second-order valence-electron chi connectivity index (χ2n) is 4.37. The van der Waals surface area contributed by atoms with Crippen molar-refractivity contribution in [2.45, 2.75) is 18.1 Å². The van der Waals surface area contributed by atoms with E-state index in [1.807, 2.05) is 23.5 Å². The molecule has 0 spiro atoms. The van der Waals surface area contributed by atoms with E-state index < -0.39 is 0 Å². The zero-order valence-electron chi connectivity index (χ0n) is 9.94. The third-order valence-corrected chi connectivity index (χ3v) is 5.88. The van der Waals surface area contributed by atoms with Crippen LogP contribution in [-0.4, -0.2) is 48.0 Å². The van der Waals surface area contributed by atoms with Crippen molar-refractivity contribution < 1.29 is 4.79 Å². The van der Waals surface area contributed by atoms with Crippen molar-refractivity contribution in [3.05, 3.63) is 0 Å². The maximum absolute atomic E-state index is 11.8. The first-order chi connectivity index (χ1) is 7.86. The molecule has 2 fully saturated rings. The highest BCUT2D eigenvalue weighted by Crippen LogP contribution is 2.24. The first kappa shape index (κ1) is 15.5. The normalized spacial score (nSPS) is 28.5. The molecule has 6 heteroatoms. The van der Waals surface area contributed by atoms with Crippen LogP contribution in [0, 0.1) is 5.92 Å². The van der Waals surface area contributed by atoms with Crippen LogP contribution in [0.1, 0.15) is 12.8 Å². The molecule has 0 aliphatic carbocycles. The molecular formula is C11H21ClN2OS2. The Morgan fingerprint density at radius 2 is 2.29 bits per heavy atom. The molecule has 0 aromatic heterocycles. The van der Waals surface area contributed by atoms with E-state index in [9.17, 15) is 4.79 Å². The van der Waals surface area contributed by atoms with E-state index in [2.05, 4.69) is 10.6 Å². The van der Waals surface area contributed by atoms with Gasteiger partial charge in [-0.3, -0.25) is 4.79 Å². The summed E-state index contributed by atoms with van der Waals surface area (Å²) in [5.74, 6) is 4.33. The lowest BCUT2D eigenvalue weighted by atomic mass is 10.1. The van der Waals surface area contributed by atoms with Crippen LogP contribution in [0.5, 0.6) is 0 Å². The summed E-state index contributed by atoms with van der Waals surface area (Å²) in [7, 11) is 0. The zero-order chi connectivity index (χ0) is 11.2. The molecule has 100 valence electrons. The Bertz CT molecular complexity index is 232. The third kappa shape index (κ3) is 5.28. The quantitative estimate of drug-likeness (QED) is 0.822. The molecule has 2 unspecified atom stereocenters. The number of thioether (sulfide) groups is 2. The molecule has 0 aromatic rings. The number of carbonyl (C=O) groups excluding carboxylic acids is 1. The second kappa shape index (κ2) is 8.51. The van der Waals surface area contributed by atoms with E-state index in [0.717, 1.165) is 43.5 Å². The number of nitrogens with one attached hydrogen (secondary N) is 2. The average Bonchev–Trinajstić information content (AvgIpc) is 2.83. The van der Waals surface area contributed by atoms with Gasteiger partial charge in [-0.15, -0.1) is 24.2 Å². The van der Waals surface area contributed by atoms with Crippen molar-refractivity contribution in [1.82, 2.24) is 10.6 Å². The van der Waals surface area contributed by atoms with Crippen molar-refractivity contribution in [1.29, 1.82) is 0 Å². The van der Waals surface area contributed by atoms with Gasteiger partial charge in [-0.2, -0.15) is 11.8 Å². The Morgan fingerprint density at radius 3 is 2.94 bits per heavy atom. The summed E-state index contributed by atoms with van der Waals surface area (Å²) in [5, 5.41) is 6.63. The lowest BCUT2D eigenvalue weighted by Gasteiger charge is -2.20. The molecule has 2 N–H and O–H groups in total. The van der Waals surface area contributed by atoms with Gasteiger partial charge in [0.2, 0.25) is 5.91 Å². The van der Waals surface area contributed by atoms with Crippen LogP contribution in [0.2, 0.25) is 0 Å². The van der Waals surface area contributed by atoms with Crippen LogP contribution in [0.3, 0.4) is 0 Å². The predicted octanol–water partition coefficient (Wildman–Crippen LogP) is 1.37. The largest absolute Gasteiger partial charge is 0.355 e. The van der Waals surface area contributed by atoms with E-state index in [1.54, 1.807) is 0 Å². The fraction of sp³-hybridized carbons (Fsp3) is 0.909. The lowest BCUT2D eigenvalue weighted by molar-refractivity contribution is -0.120. The zero-order valence-corrected chi connectivity index (χ0v) is 12.4. The molecule has 0 bridgehead atoms. The molecule has 0 radical (unpaired) electrons. The number of rotatable bonds is 4. The highest BCUT2D eigenvalue weighted by molar-refractivity contribution is 8.07. The van der Waals surface area contributed by atoms with Crippen molar-refractivity contribution in [3.8, 4) is 0 Å². The summed E-state index contributed by atoms with van der Waals surface area (Å²) in [4.78, 5) is 11.8. The Kier molecular flexibility index (Phi) is 7.75. The van der Waals surface area contributed by atoms with Gasteiger partial charge in [0.25, 0.3) is 0 Å². The van der Waals surface area contributed by atoms with E-state index in [-0.39, 0.29) is 23.6 Å². The van der Waals surface area contributed by atoms with E-state index >= 15 is 0 Å². The number of halogens is 1. The molecule has 2 aliphatic heterocycles. The van der Waals surface area contributed by atoms with E-state index in [1.165, 1.54) is 12.2 Å². The minimum atomic E-state index is 0. The molecule has 3 nitrogen and oxygen atoms in total. The topological polar surface area (TPSA) is 41.1 Å². The lowest BCUT2D eigenvalue weighted by Crippen LogP contribution is -2.37. The Hall–Kier alpha value is 0.420. The minimum absolute atomic E-state index is 0. The Morgan fingerprint density at radius 1 is 1.41 bits per heavy atom. The molecule has 0 saturated carbocycles. The van der Waals surface area contributed by atoms with Gasteiger partial charge < -0.3 is 10.6 Å². The fourth-order valence-corrected chi connectivity index (χ4v) is 4.69. The van der Waals surface area contributed by atoms with Crippen LogP contribution in [0.25, 0.3) is 0 Å². The van der Waals surface area contributed by atoms with Gasteiger partial charge in [0, 0.05) is 23.8 Å². The highest BCUT2D eigenvalue weighted by atomic mass is 35.5. The number of carbonyl (C=O) groups is 1. The molecule has 2 saturated heterocycles. The third-order valence-electron chi connectivity index (χ3n) is 3.12. The molecule has 1 amide bonds. The van der Waals surface area contributed by atoms with E-state index in [0.29, 0.717) is 0 Å². The summed E-state index contributed by atoms with van der Waals surface area (Å²) in [6, 6.07) is 0. The maximum Gasteiger partial charge on any atom is 0.233 e. The van der Waals surface area contributed by atoms with Crippen molar-refractivity contribution >= 4 is 41.8 Å². The van der Waals surface area contributed by atoms with Gasteiger partial charge in [-0.05, 0) is 31.8 Å². The van der Waals surface area contributed by atoms with Crippen LogP contribution >= 0.6 is 35.9 Å². The average molecular weight is 297 g/mol. The number of hydrogen-bond acceptors (Lipinski definition) is 4. The van der Waals surface area contributed by atoms with Gasteiger partial charge in [0.1, 0.15) is 0 Å². The molecule has 0 aromatic carbocycles. The molecule has 2 rings (SSSR count). The molecule has 2 heterocycles.